The molecule has 1 aromatic carbocycles. The normalized spacial score (nSPS) is 10.7. The number of hydrogen-bond acceptors (Lipinski definition) is 2. The second-order valence-corrected chi connectivity index (χ2v) is 3.83. The average Bonchev–Trinajstić information content (AvgIpc) is 2.32. The molecule has 1 heterocycles. The van der Waals surface area contributed by atoms with Gasteiger partial charge in [-0.25, -0.2) is 0 Å². The Kier molecular flexibility index (Phi) is 1.80. The van der Waals surface area contributed by atoms with Gasteiger partial charge in [-0.1, -0.05) is 0 Å². The van der Waals surface area contributed by atoms with Crippen LogP contribution in [0.1, 0.15) is 0 Å². The third kappa shape index (κ3) is 1.24. The molecule has 56 valence electrons. The van der Waals surface area contributed by atoms with Crippen LogP contribution >= 0.6 is 35.2 Å². The van der Waals surface area contributed by atoms with Crippen LogP contribution < -0.4 is 0 Å². The third-order valence-electron chi connectivity index (χ3n) is 1.49. The minimum Gasteiger partial charge on any atom is -0.271 e. The fourth-order valence-electron chi connectivity index (χ4n) is 0.968. The Labute approximate surface area is 82.9 Å². The molecule has 0 saturated carbocycles. The van der Waals surface area contributed by atoms with Crippen LogP contribution in [0.4, 0.5) is 0 Å². The highest BCUT2D eigenvalue weighted by Gasteiger charge is 2.00. The summed E-state index contributed by atoms with van der Waals surface area (Å²) in [6, 6.07) is 5.92. The number of halogens is 1. The first-order chi connectivity index (χ1) is 5.27. The quantitative estimate of drug-likeness (QED) is 0.561. The number of aromatic nitrogens is 2. The number of nitrogens with one attached hydrogen (secondary N) is 1. The number of fused-ring (bicyclic) bond motifs is 1. The van der Waals surface area contributed by atoms with E-state index in [1.807, 2.05) is 18.2 Å². The summed E-state index contributed by atoms with van der Waals surface area (Å²) in [7, 11) is 0. The van der Waals surface area contributed by atoms with Crippen molar-refractivity contribution in [3.63, 3.8) is 0 Å². The lowest BCUT2D eigenvalue weighted by Gasteiger charge is -1.89. The van der Waals surface area contributed by atoms with Crippen molar-refractivity contribution in [3.05, 3.63) is 21.9 Å². The second-order valence-electron chi connectivity index (χ2n) is 2.24. The van der Waals surface area contributed by atoms with Crippen molar-refractivity contribution in [1.29, 1.82) is 0 Å². The molecular weight excluding hydrogens is 271 g/mol. The van der Waals surface area contributed by atoms with Crippen LogP contribution in [0.3, 0.4) is 0 Å². The molecule has 0 aliphatic rings. The Morgan fingerprint density at radius 2 is 2.27 bits per heavy atom. The first kappa shape index (κ1) is 7.42. The standard InChI is InChI=1S/C7H5IN2S/c8-7-5-2-1-4(11)3-6(5)9-10-7/h1-3,11H,(H,9,10). The monoisotopic (exact) mass is 276 g/mol. The summed E-state index contributed by atoms with van der Waals surface area (Å²) in [4.78, 5) is 0.945. The van der Waals surface area contributed by atoms with Gasteiger partial charge in [0, 0.05) is 10.3 Å². The highest BCUT2D eigenvalue weighted by atomic mass is 127. The van der Waals surface area contributed by atoms with Crippen LogP contribution in [0.25, 0.3) is 10.9 Å². The average molecular weight is 276 g/mol. The number of H-pyrrole nitrogens is 1. The van der Waals surface area contributed by atoms with E-state index in [0.717, 1.165) is 19.5 Å². The van der Waals surface area contributed by atoms with Crippen molar-refractivity contribution < 1.29 is 0 Å². The number of nitrogens with zero attached hydrogens (tertiary/aromatic N) is 1. The zero-order chi connectivity index (χ0) is 7.84. The maximum absolute atomic E-state index is 4.21. The van der Waals surface area contributed by atoms with E-state index in [4.69, 9.17) is 0 Å². The number of aromatic amines is 1. The molecule has 0 fully saturated rings. The zero-order valence-corrected chi connectivity index (χ0v) is 8.56. The molecule has 2 nitrogen and oxygen atoms in total. The van der Waals surface area contributed by atoms with Crippen LogP contribution in [0, 0.1) is 3.70 Å². The Hall–Kier alpha value is -0.230. The molecule has 2 aromatic rings. The molecule has 0 bridgehead atoms. The van der Waals surface area contributed by atoms with Gasteiger partial charge in [-0.2, -0.15) is 5.10 Å². The van der Waals surface area contributed by atoms with Gasteiger partial charge in [-0.15, -0.1) is 12.6 Å². The maximum atomic E-state index is 4.21. The largest absolute Gasteiger partial charge is 0.271 e. The van der Waals surface area contributed by atoms with E-state index in [1.165, 1.54) is 0 Å². The molecule has 2 rings (SSSR count). The predicted octanol–water partition coefficient (Wildman–Crippen LogP) is 2.46. The molecule has 4 heteroatoms. The molecule has 0 aliphatic carbocycles. The van der Waals surface area contributed by atoms with E-state index in [-0.39, 0.29) is 0 Å². The predicted molar refractivity (Wildman–Crippen MR) is 56.1 cm³/mol. The van der Waals surface area contributed by atoms with Gasteiger partial charge in [0.25, 0.3) is 0 Å². The van der Waals surface area contributed by atoms with Crippen molar-refractivity contribution in [2.24, 2.45) is 0 Å². The lowest BCUT2D eigenvalue weighted by atomic mass is 10.3. The summed E-state index contributed by atoms with van der Waals surface area (Å²) >= 11 is 6.44. The topological polar surface area (TPSA) is 28.7 Å². The van der Waals surface area contributed by atoms with Gasteiger partial charge in [0.1, 0.15) is 3.70 Å². The van der Waals surface area contributed by atoms with E-state index in [2.05, 4.69) is 45.4 Å². The molecule has 11 heavy (non-hydrogen) atoms. The number of benzene rings is 1. The maximum Gasteiger partial charge on any atom is 0.104 e. The van der Waals surface area contributed by atoms with Crippen molar-refractivity contribution in [2.45, 2.75) is 4.90 Å². The van der Waals surface area contributed by atoms with E-state index in [9.17, 15) is 0 Å². The van der Waals surface area contributed by atoms with Crippen molar-refractivity contribution in [2.75, 3.05) is 0 Å². The van der Waals surface area contributed by atoms with E-state index < -0.39 is 0 Å². The minimum atomic E-state index is 0.945. The summed E-state index contributed by atoms with van der Waals surface area (Å²) in [6.07, 6.45) is 0. The van der Waals surface area contributed by atoms with Crippen molar-refractivity contribution >= 4 is 46.1 Å². The van der Waals surface area contributed by atoms with E-state index in [0.29, 0.717) is 0 Å². The van der Waals surface area contributed by atoms with Gasteiger partial charge in [0.15, 0.2) is 0 Å². The van der Waals surface area contributed by atoms with Crippen LogP contribution in [-0.2, 0) is 0 Å². The Morgan fingerprint density at radius 1 is 1.45 bits per heavy atom. The molecule has 0 saturated heterocycles. The number of thiol groups is 1. The molecule has 0 atom stereocenters. The van der Waals surface area contributed by atoms with E-state index in [1.54, 1.807) is 0 Å². The summed E-state index contributed by atoms with van der Waals surface area (Å²) < 4.78 is 1.07. The van der Waals surface area contributed by atoms with Crippen LogP contribution in [0.15, 0.2) is 23.1 Å². The smallest absolute Gasteiger partial charge is 0.104 e. The fraction of sp³-hybridized carbons (Fsp3) is 0. The summed E-state index contributed by atoms with van der Waals surface area (Å²) in [6.45, 7) is 0. The minimum absolute atomic E-state index is 0.945. The summed E-state index contributed by atoms with van der Waals surface area (Å²) in [5, 5.41) is 8.16. The molecule has 1 N–H and O–H groups in total. The molecule has 0 amide bonds. The lowest BCUT2D eigenvalue weighted by Crippen LogP contribution is -1.68. The SMILES string of the molecule is Sc1ccc2c(I)[nH]nc2c1. The number of rotatable bonds is 0. The number of hydrogen-bond donors (Lipinski definition) is 2. The summed E-state index contributed by atoms with van der Waals surface area (Å²) in [5.41, 5.74) is 0.974. The summed E-state index contributed by atoms with van der Waals surface area (Å²) in [5.74, 6) is 0. The van der Waals surface area contributed by atoms with Gasteiger partial charge >= 0.3 is 0 Å². The molecule has 0 unspecified atom stereocenters. The Balaban J connectivity index is 2.86. The first-order valence-electron chi connectivity index (χ1n) is 3.10. The Bertz CT molecular complexity index is 396. The molecule has 0 aliphatic heterocycles. The first-order valence-corrected chi connectivity index (χ1v) is 4.62. The lowest BCUT2D eigenvalue weighted by molar-refractivity contribution is 1.09. The van der Waals surface area contributed by atoms with Crippen LogP contribution in [0.5, 0.6) is 0 Å². The molecular formula is C7H5IN2S. The molecule has 0 radical (unpaired) electrons. The van der Waals surface area contributed by atoms with Gasteiger partial charge < -0.3 is 0 Å². The Morgan fingerprint density at radius 3 is 3.09 bits per heavy atom. The zero-order valence-electron chi connectivity index (χ0n) is 5.50. The third-order valence-corrected chi connectivity index (χ3v) is 2.59. The second kappa shape index (κ2) is 2.67. The van der Waals surface area contributed by atoms with Crippen LogP contribution in [0.2, 0.25) is 0 Å². The van der Waals surface area contributed by atoms with Gasteiger partial charge in [-0.05, 0) is 40.8 Å². The highest BCUT2D eigenvalue weighted by molar-refractivity contribution is 14.1. The van der Waals surface area contributed by atoms with Gasteiger partial charge in [0.05, 0.1) is 5.52 Å². The fourth-order valence-corrected chi connectivity index (χ4v) is 1.74. The van der Waals surface area contributed by atoms with E-state index >= 15 is 0 Å². The van der Waals surface area contributed by atoms with Gasteiger partial charge in [-0.3, -0.25) is 5.10 Å². The van der Waals surface area contributed by atoms with Crippen LogP contribution in [-0.4, -0.2) is 10.2 Å². The van der Waals surface area contributed by atoms with Gasteiger partial charge in [0.2, 0.25) is 0 Å². The van der Waals surface area contributed by atoms with Crippen molar-refractivity contribution in [3.8, 4) is 0 Å². The van der Waals surface area contributed by atoms with Crippen molar-refractivity contribution in [1.82, 2.24) is 10.2 Å². The highest BCUT2D eigenvalue weighted by Crippen LogP contribution is 2.19. The molecule has 1 aromatic heterocycles. The molecule has 0 spiro atoms.